The third-order valence-electron chi connectivity index (χ3n) is 9.55. The van der Waals surface area contributed by atoms with Crippen molar-refractivity contribution in [3.8, 4) is 6.07 Å². The van der Waals surface area contributed by atoms with Crippen LogP contribution >= 0.6 is 23.2 Å². The molecule has 10 nitrogen and oxygen atoms in total. The Morgan fingerprint density at radius 2 is 1.83 bits per heavy atom. The fraction of sp³-hybridized carbons (Fsp3) is 0.567. The van der Waals surface area contributed by atoms with E-state index in [0.717, 1.165) is 19.3 Å². The molecule has 5 aliphatic rings. The summed E-state index contributed by atoms with van der Waals surface area (Å²) in [6, 6.07) is 5.74. The van der Waals surface area contributed by atoms with Crippen LogP contribution in [0.25, 0.3) is 0 Å². The van der Waals surface area contributed by atoms with Gasteiger partial charge < -0.3 is 15.0 Å². The maximum atomic E-state index is 14.4. The smallest absolute Gasteiger partial charge is 0.276 e. The Balaban J connectivity index is 1.36. The minimum atomic E-state index is -0.928. The van der Waals surface area contributed by atoms with Gasteiger partial charge in [-0.1, -0.05) is 29.3 Å². The van der Waals surface area contributed by atoms with Gasteiger partial charge in [0.1, 0.15) is 17.9 Å². The number of halogens is 2. The van der Waals surface area contributed by atoms with Gasteiger partial charge in [-0.15, -0.1) is 0 Å². The lowest BCUT2D eigenvalue weighted by molar-refractivity contribution is -0.121. The lowest BCUT2D eigenvalue weighted by Crippen LogP contribution is -2.56. The summed E-state index contributed by atoms with van der Waals surface area (Å²) < 4.78 is 7.48. The van der Waals surface area contributed by atoms with Crippen LogP contribution in [0.2, 0.25) is 10.0 Å². The number of amides is 3. The zero-order chi connectivity index (χ0) is 29.3. The van der Waals surface area contributed by atoms with E-state index in [4.69, 9.17) is 33.0 Å². The molecule has 0 bridgehead atoms. The summed E-state index contributed by atoms with van der Waals surface area (Å²) in [5, 5.41) is 18.2. The van der Waals surface area contributed by atoms with Crippen molar-refractivity contribution in [1.29, 1.82) is 5.26 Å². The van der Waals surface area contributed by atoms with Crippen molar-refractivity contribution in [1.82, 2.24) is 20.0 Å². The summed E-state index contributed by atoms with van der Waals surface area (Å²) in [5.41, 5.74) is 1.11. The molecule has 2 aliphatic carbocycles. The van der Waals surface area contributed by atoms with Crippen molar-refractivity contribution >= 4 is 46.7 Å². The van der Waals surface area contributed by atoms with E-state index < -0.39 is 23.9 Å². The van der Waals surface area contributed by atoms with Crippen LogP contribution in [-0.2, 0) is 9.53 Å². The van der Waals surface area contributed by atoms with Crippen LogP contribution in [0.15, 0.2) is 18.2 Å². The third kappa shape index (κ3) is 4.40. The molecular weight excluding hydrogens is 579 g/mol. The van der Waals surface area contributed by atoms with Crippen molar-refractivity contribution in [3.05, 3.63) is 45.1 Å². The summed E-state index contributed by atoms with van der Waals surface area (Å²) in [6.07, 6.45) is 4.74. The van der Waals surface area contributed by atoms with Crippen LogP contribution in [-0.4, -0.2) is 70.3 Å². The van der Waals surface area contributed by atoms with Crippen molar-refractivity contribution in [2.75, 3.05) is 24.7 Å². The quantitative estimate of drug-likeness (QED) is 0.520. The summed E-state index contributed by atoms with van der Waals surface area (Å²) in [5.74, 6) is -0.414. The zero-order valence-corrected chi connectivity index (χ0v) is 24.8. The van der Waals surface area contributed by atoms with Gasteiger partial charge >= 0.3 is 0 Å². The van der Waals surface area contributed by atoms with Crippen LogP contribution < -0.4 is 10.2 Å². The van der Waals surface area contributed by atoms with E-state index in [0.29, 0.717) is 62.0 Å². The predicted molar refractivity (Wildman–Crippen MR) is 155 cm³/mol. The van der Waals surface area contributed by atoms with E-state index in [1.54, 1.807) is 28.0 Å². The molecule has 0 spiro atoms. The molecule has 0 unspecified atom stereocenters. The van der Waals surface area contributed by atoms with Crippen LogP contribution in [0, 0.1) is 23.2 Å². The molecule has 220 valence electrons. The number of carbonyl (C=O) groups is 3. The highest BCUT2D eigenvalue weighted by molar-refractivity contribution is 6.39. The molecule has 0 radical (unpaired) electrons. The number of benzene rings is 1. The van der Waals surface area contributed by atoms with E-state index >= 15 is 0 Å². The highest BCUT2D eigenvalue weighted by atomic mass is 35.5. The molecule has 1 aromatic heterocycles. The Labute approximate surface area is 253 Å². The van der Waals surface area contributed by atoms with Crippen molar-refractivity contribution in [2.24, 2.45) is 11.8 Å². The average molecular weight is 612 g/mol. The molecule has 5 atom stereocenters. The number of rotatable bonds is 6. The van der Waals surface area contributed by atoms with Gasteiger partial charge in [-0.2, -0.15) is 10.4 Å². The first-order chi connectivity index (χ1) is 20.3. The van der Waals surface area contributed by atoms with E-state index in [-0.39, 0.29) is 45.4 Å². The first-order valence-corrected chi connectivity index (χ1v) is 15.6. The number of likely N-dealkylation sites (tertiary alicyclic amines) is 1. The zero-order valence-electron chi connectivity index (χ0n) is 23.3. The highest BCUT2D eigenvalue weighted by Crippen LogP contribution is 2.53. The van der Waals surface area contributed by atoms with Gasteiger partial charge in [0, 0.05) is 37.3 Å². The Bertz CT molecular complexity index is 1490. The van der Waals surface area contributed by atoms with Gasteiger partial charge in [-0.05, 0) is 69.4 Å². The normalized spacial score (nSPS) is 28.7. The topological polar surface area (TPSA) is 121 Å². The van der Waals surface area contributed by atoms with Gasteiger partial charge in [0.15, 0.2) is 5.69 Å². The number of aromatic nitrogens is 2. The predicted octanol–water partition coefficient (Wildman–Crippen LogP) is 4.33. The van der Waals surface area contributed by atoms with Gasteiger partial charge in [0.2, 0.25) is 0 Å². The summed E-state index contributed by atoms with van der Waals surface area (Å²) in [4.78, 5) is 45.6. The molecule has 3 aliphatic heterocycles. The molecule has 4 heterocycles. The molecule has 2 saturated carbocycles. The van der Waals surface area contributed by atoms with Crippen LogP contribution in [0.5, 0.6) is 0 Å². The monoisotopic (exact) mass is 610 g/mol. The van der Waals surface area contributed by atoms with E-state index in [9.17, 15) is 19.6 Å². The number of nitrogens with one attached hydrogen (secondary N) is 1. The first-order valence-electron chi connectivity index (χ1n) is 14.8. The Morgan fingerprint density at radius 1 is 1.12 bits per heavy atom. The molecule has 42 heavy (non-hydrogen) atoms. The van der Waals surface area contributed by atoms with Crippen LogP contribution in [0.4, 0.5) is 5.82 Å². The molecule has 1 aromatic carbocycles. The lowest BCUT2D eigenvalue weighted by Gasteiger charge is -2.39. The van der Waals surface area contributed by atoms with E-state index in [1.807, 2.05) is 11.6 Å². The number of hydrogen-bond donors (Lipinski definition) is 1. The number of piperidine rings is 1. The number of carbonyl (C=O) groups excluding carboxylic acids is 3. The third-order valence-corrected chi connectivity index (χ3v) is 10.2. The van der Waals surface area contributed by atoms with Crippen molar-refractivity contribution in [3.63, 3.8) is 0 Å². The number of fused-ring (bicyclic) bond motifs is 2. The number of ether oxygens (including phenoxy) is 1. The average Bonchev–Trinajstić information content (AvgIpc) is 3.90. The lowest BCUT2D eigenvalue weighted by atomic mass is 9.82. The Kier molecular flexibility index (Phi) is 6.95. The number of nitrogens with zero attached hydrogens (tertiary/aromatic N) is 5. The fourth-order valence-corrected chi connectivity index (χ4v) is 7.85. The summed E-state index contributed by atoms with van der Waals surface area (Å²) in [6.45, 7) is 3.35. The molecule has 1 N–H and O–H groups in total. The molecule has 7 rings (SSSR count). The minimum Gasteiger partial charge on any atom is -0.381 e. The molecule has 2 aromatic rings. The van der Waals surface area contributed by atoms with Gasteiger partial charge in [-0.3, -0.25) is 19.3 Å². The number of nitriles is 1. The maximum Gasteiger partial charge on any atom is 0.276 e. The standard InChI is InChI=1S/C30H32Cl2N6O4/c1-2-36-28-24(22(15-6-7-15)25(29(36)40)34-27(39)23-19(31)4-3-5-20(23)32)26(35-38(28)17-8-10-42-11-9-17)30(41)37-18(14-33)12-16-13-21(16)37/h3-5,15-18,21-22,25H,2,6-13H2,1H3,(H,34,39)/t16-,18-,21+,22-,25-/m0/s1. The number of likely N-dealkylation sites (N-methyl/N-ethyl adjacent to an activating group) is 1. The molecular formula is C30H32Cl2N6O4. The second-order valence-electron chi connectivity index (χ2n) is 12.0. The highest BCUT2D eigenvalue weighted by Gasteiger charge is 2.57. The maximum absolute atomic E-state index is 14.4. The summed E-state index contributed by atoms with van der Waals surface area (Å²) >= 11 is 12.7. The van der Waals surface area contributed by atoms with E-state index in [1.165, 1.54) is 0 Å². The van der Waals surface area contributed by atoms with Gasteiger partial charge in [0.05, 0.1) is 27.7 Å². The molecule has 12 heteroatoms. The Hall–Kier alpha value is -3.13. The second-order valence-corrected chi connectivity index (χ2v) is 12.8. The van der Waals surface area contributed by atoms with Gasteiger partial charge in [-0.25, -0.2) is 4.68 Å². The van der Waals surface area contributed by atoms with Crippen LogP contribution in [0.1, 0.15) is 83.8 Å². The number of anilines is 1. The van der Waals surface area contributed by atoms with Gasteiger partial charge in [0.25, 0.3) is 17.7 Å². The number of hydrogen-bond acceptors (Lipinski definition) is 6. The Morgan fingerprint density at radius 3 is 2.48 bits per heavy atom. The molecule has 2 saturated heterocycles. The fourth-order valence-electron chi connectivity index (χ4n) is 7.28. The van der Waals surface area contributed by atoms with E-state index in [2.05, 4.69) is 11.4 Å². The van der Waals surface area contributed by atoms with Crippen molar-refractivity contribution in [2.45, 2.75) is 75.5 Å². The van der Waals surface area contributed by atoms with Crippen LogP contribution in [0.3, 0.4) is 0 Å². The first kappa shape index (κ1) is 27.7. The molecule has 4 fully saturated rings. The molecule has 3 amide bonds. The minimum absolute atomic E-state index is 0.0390. The summed E-state index contributed by atoms with van der Waals surface area (Å²) in [7, 11) is 0. The SMILES string of the molecule is CCN1C(=O)[C@@H](NC(=O)c2c(Cl)cccc2Cl)[C@@H](C2CC2)c2c(C(=O)N3[C@H](C#N)C[C@H]4C[C@H]43)nn(C3CCOCC3)c21. The second kappa shape index (κ2) is 10.5. The van der Waals surface area contributed by atoms with Crippen molar-refractivity contribution < 1.29 is 19.1 Å². The largest absolute Gasteiger partial charge is 0.381 e.